The van der Waals surface area contributed by atoms with E-state index < -0.39 is 0 Å². The molecule has 0 atom stereocenters. The fraction of sp³-hybridized carbons (Fsp3) is 0.706. The Kier molecular flexibility index (Phi) is 11.0. The molecule has 2 rings (SSSR count). The third-order valence-corrected chi connectivity index (χ3v) is 4.97. The van der Waals surface area contributed by atoms with Crippen molar-refractivity contribution in [3.63, 3.8) is 0 Å². The molecule has 1 saturated carbocycles. The summed E-state index contributed by atoms with van der Waals surface area (Å²) >= 11 is 1.71. The SMILES string of the molecule is CCNC(=NCC(=O)NC1CCCCC1)NCCc1ncc(C)s1.I. The molecule has 1 aliphatic carbocycles. The van der Waals surface area contributed by atoms with Gasteiger partial charge in [0.2, 0.25) is 5.91 Å². The highest BCUT2D eigenvalue weighted by molar-refractivity contribution is 14.0. The first kappa shape index (κ1) is 22.1. The van der Waals surface area contributed by atoms with Crippen LogP contribution in [-0.4, -0.2) is 42.5 Å². The van der Waals surface area contributed by atoms with Gasteiger partial charge < -0.3 is 16.0 Å². The Morgan fingerprint density at radius 2 is 2.08 bits per heavy atom. The average molecular weight is 479 g/mol. The lowest BCUT2D eigenvalue weighted by molar-refractivity contribution is -0.120. The molecule has 1 heterocycles. The molecule has 0 aliphatic heterocycles. The number of hydrogen-bond donors (Lipinski definition) is 3. The maximum Gasteiger partial charge on any atom is 0.242 e. The van der Waals surface area contributed by atoms with E-state index in [0.717, 1.165) is 37.4 Å². The molecule has 1 aromatic heterocycles. The van der Waals surface area contributed by atoms with E-state index in [0.29, 0.717) is 12.0 Å². The Hall–Kier alpha value is -0.900. The van der Waals surface area contributed by atoms with Gasteiger partial charge >= 0.3 is 0 Å². The van der Waals surface area contributed by atoms with Crippen molar-refractivity contribution in [1.82, 2.24) is 20.9 Å². The van der Waals surface area contributed by atoms with Crippen molar-refractivity contribution < 1.29 is 4.79 Å². The summed E-state index contributed by atoms with van der Waals surface area (Å²) in [5.74, 6) is 0.694. The number of carbonyl (C=O) groups excluding carboxylic acids is 1. The zero-order valence-electron chi connectivity index (χ0n) is 15.1. The summed E-state index contributed by atoms with van der Waals surface area (Å²) in [6.07, 6.45) is 8.68. The van der Waals surface area contributed by atoms with Gasteiger partial charge in [0.1, 0.15) is 6.54 Å². The minimum Gasteiger partial charge on any atom is -0.357 e. The van der Waals surface area contributed by atoms with Gasteiger partial charge in [-0.05, 0) is 26.7 Å². The number of thiazole rings is 1. The third kappa shape index (κ3) is 8.84. The van der Waals surface area contributed by atoms with E-state index in [2.05, 4.69) is 32.9 Å². The lowest BCUT2D eigenvalue weighted by Gasteiger charge is -2.22. The van der Waals surface area contributed by atoms with Gasteiger partial charge in [-0.2, -0.15) is 0 Å². The van der Waals surface area contributed by atoms with E-state index >= 15 is 0 Å². The number of aliphatic imine (C=N–C) groups is 1. The van der Waals surface area contributed by atoms with E-state index in [-0.39, 0.29) is 36.4 Å². The number of nitrogens with one attached hydrogen (secondary N) is 3. The Labute approximate surface area is 171 Å². The molecule has 0 spiro atoms. The summed E-state index contributed by atoms with van der Waals surface area (Å²) in [6.45, 7) is 5.77. The predicted octanol–water partition coefficient (Wildman–Crippen LogP) is 2.62. The largest absolute Gasteiger partial charge is 0.357 e. The van der Waals surface area contributed by atoms with Crippen LogP contribution in [0.2, 0.25) is 0 Å². The Bertz CT molecular complexity index is 543. The molecular formula is C17H30IN5OS. The van der Waals surface area contributed by atoms with E-state index in [1.807, 2.05) is 13.1 Å². The fourth-order valence-electron chi connectivity index (χ4n) is 2.82. The monoisotopic (exact) mass is 479 g/mol. The Balaban J connectivity index is 0.00000312. The van der Waals surface area contributed by atoms with Crippen LogP contribution >= 0.6 is 35.3 Å². The second-order valence-electron chi connectivity index (χ2n) is 6.14. The molecule has 0 radical (unpaired) electrons. The number of aryl methyl sites for hydroxylation is 1. The van der Waals surface area contributed by atoms with Crippen molar-refractivity contribution in [2.75, 3.05) is 19.6 Å². The number of halogens is 1. The first-order valence-corrected chi connectivity index (χ1v) is 9.72. The van der Waals surface area contributed by atoms with Crippen molar-refractivity contribution in [3.8, 4) is 0 Å². The van der Waals surface area contributed by atoms with Crippen LogP contribution in [0.1, 0.15) is 48.9 Å². The number of guanidine groups is 1. The van der Waals surface area contributed by atoms with Crippen molar-refractivity contribution in [1.29, 1.82) is 0 Å². The van der Waals surface area contributed by atoms with Crippen molar-refractivity contribution in [2.45, 2.75) is 58.4 Å². The van der Waals surface area contributed by atoms with Gasteiger partial charge in [-0.3, -0.25) is 4.79 Å². The highest BCUT2D eigenvalue weighted by Gasteiger charge is 2.15. The van der Waals surface area contributed by atoms with E-state index in [4.69, 9.17) is 0 Å². The van der Waals surface area contributed by atoms with Crippen LogP contribution in [-0.2, 0) is 11.2 Å². The van der Waals surface area contributed by atoms with Crippen molar-refractivity contribution >= 4 is 47.2 Å². The molecule has 3 N–H and O–H groups in total. The van der Waals surface area contributed by atoms with Crippen LogP contribution in [0, 0.1) is 6.92 Å². The summed E-state index contributed by atoms with van der Waals surface area (Å²) in [5.41, 5.74) is 0. The van der Waals surface area contributed by atoms with Gasteiger partial charge in [-0.1, -0.05) is 19.3 Å². The lowest BCUT2D eigenvalue weighted by Crippen LogP contribution is -2.41. The normalized spacial score (nSPS) is 15.4. The van der Waals surface area contributed by atoms with Crippen LogP contribution < -0.4 is 16.0 Å². The maximum absolute atomic E-state index is 12.0. The van der Waals surface area contributed by atoms with Crippen molar-refractivity contribution in [2.24, 2.45) is 4.99 Å². The predicted molar refractivity (Wildman–Crippen MR) is 115 cm³/mol. The van der Waals surface area contributed by atoms with Crippen molar-refractivity contribution in [3.05, 3.63) is 16.1 Å². The number of hydrogen-bond acceptors (Lipinski definition) is 4. The molecule has 1 amide bonds. The van der Waals surface area contributed by atoms with Crippen LogP contribution in [0.15, 0.2) is 11.2 Å². The molecule has 0 bridgehead atoms. The van der Waals surface area contributed by atoms with Gasteiger partial charge in [0, 0.05) is 36.6 Å². The van der Waals surface area contributed by atoms with Gasteiger partial charge in [0.05, 0.1) is 5.01 Å². The van der Waals surface area contributed by atoms with E-state index in [1.165, 1.54) is 24.1 Å². The summed E-state index contributed by atoms with van der Waals surface area (Å²) in [5, 5.41) is 10.6. The number of amides is 1. The third-order valence-electron chi connectivity index (χ3n) is 4.00. The average Bonchev–Trinajstić information content (AvgIpc) is 2.99. The summed E-state index contributed by atoms with van der Waals surface area (Å²) in [4.78, 5) is 22.0. The first-order valence-electron chi connectivity index (χ1n) is 8.90. The molecule has 25 heavy (non-hydrogen) atoms. The van der Waals surface area contributed by atoms with Crippen LogP contribution in [0.3, 0.4) is 0 Å². The van der Waals surface area contributed by atoms with Gasteiger partial charge in [0.25, 0.3) is 0 Å². The zero-order valence-corrected chi connectivity index (χ0v) is 18.3. The molecular weight excluding hydrogens is 449 g/mol. The molecule has 142 valence electrons. The minimum atomic E-state index is 0. The fourth-order valence-corrected chi connectivity index (χ4v) is 3.60. The number of rotatable bonds is 7. The molecule has 1 fully saturated rings. The van der Waals surface area contributed by atoms with Gasteiger partial charge in [-0.15, -0.1) is 35.3 Å². The van der Waals surface area contributed by atoms with Gasteiger partial charge in [0.15, 0.2) is 5.96 Å². The maximum atomic E-state index is 12.0. The molecule has 0 aromatic carbocycles. The zero-order chi connectivity index (χ0) is 17.2. The Morgan fingerprint density at radius 1 is 1.32 bits per heavy atom. The van der Waals surface area contributed by atoms with Crippen LogP contribution in [0.25, 0.3) is 0 Å². The molecule has 1 aromatic rings. The topological polar surface area (TPSA) is 78.4 Å². The second kappa shape index (κ2) is 12.5. The molecule has 0 unspecified atom stereocenters. The number of aromatic nitrogens is 1. The number of carbonyl (C=O) groups is 1. The summed E-state index contributed by atoms with van der Waals surface area (Å²) in [7, 11) is 0. The summed E-state index contributed by atoms with van der Waals surface area (Å²) < 4.78 is 0. The molecule has 8 heteroatoms. The lowest BCUT2D eigenvalue weighted by atomic mass is 9.95. The van der Waals surface area contributed by atoms with E-state index in [1.54, 1.807) is 11.3 Å². The second-order valence-corrected chi connectivity index (χ2v) is 7.46. The smallest absolute Gasteiger partial charge is 0.242 e. The minimum absolute atomic E-state index is 0. The molecule has 0 saturated heterocycles. The standard InChI is InChI=1S/C17H29N5OS.HI/c1-3-18-17(19-10-9-16-20-11-13(2)24-16)21-12-15(23)22-14-7-5-4-6-8-14;/h11,14H,3-10,12H2,1-2H3,(H,22,23)(H2,18,19,21);1H. The highest BCUT2D eigenvalue weighted by atomic mass is 127. The van der Waals surface area contributed by atoms with Crippen LogP contribution in [0.4, 0.5) is 0 Å². The number of nitrogens with zero attached hydrogens (tertiary/aromatic N) is 2. The van der Waals surface area contributed by atoms with E-state index in [9.17, 15) is 4.79 Å². The summed E-state index contributed by atoms with van der Waals surface area (Å²) in [6, 6.07) is 0.338. The molecule has 6 nitrogen and oxygen atoms in total. The quantitative estimate of drug-likeness (QED) is 0.319. The first-order chi connectivity index (χ1) is 11.7. The Morgan fingerprint density at radius 3 is 2.72 bits per heavy atom. The molecule has 1 aliphatic rings. The van der Waals surface area contributed by atoms with Gasteiger partial charge in [-0.25, -0.2) is 9.98 Å². The highest BCUT2D eigenvalue weighted by Crippen LogP contribution is 2.17. The van der Waals surface area contributed by atoms with Crippen LogP contribution in [0.5, 0.6) is 0 Å².